The maximum atomic E-state index is 2.32. The van der Waals surface area contributed by atoms with E-state index in [9.17, 15) is 0 Å². The Hall–Kier alpha value is -1.34. The smallest absolute Gasteiger partial charge is 0.0390 e. The second-order valence-corrected chi connectivity index (χ2v) is 5.68. The first kappa shape index (κ1) is 14.1. The molecular weight excluding hydrogens is 248 g/mol. The zero-order chi connectivity index (χ0) is 13.8. The van der Waals surface area contributed by atoms with Crippen LogP contribution in [0, 0.1) is 0 Å². The predicted octanol–water partition coefficient (Wildman–Crippen LogP) is 6.59. The minimum atomic E-state index is 0.645. The van der Waals surface area contributed by atoms with Crippen LogP contribution >= 0.6 is 11.3 Å². The highest BCUT2D eigenvalue weighted by Gasteiger charge is 2.11. The van der Waals surface area contributed by atoms with E-state index in [1.165, 1.54) is 32.2 Å². The van der Waals surface area contributed by atoms with E-state index in [0.29, 0.717) is 5.92 Å². The summed E-state index contributed by atoms with van der Waals surface area (Å²) < 4.78 is 2.88. The SMILES string of the molecule is CC.CCC(C)c1cccc2c1sc1ccccc12. The summed E-state index contributed by atoms with van der Waals surface area (Å²) >= 11 is 1.93. The molecule has 0 bridgehead atoms. The third-order valence-electron chi connectivity index (χ3n) is 3.58. The largest absolute Gasteiger partial charge is 0.135 e. The van der Waals surface area contributed by atoms with Crippen LogP contribution in [0.25, 0.3) is 20.2 Å². The van der Waals surface area contributed by atoms with Crippen molar-refractivity contribution in [1.29, 1.82) is 0 Å². The highest BCUT2D eigenvalue weighted by molar-refractivity contribution is 7.26. The van der Waals surface area contributed by atoms with Crippen molar-refractivity contribution < 1.29 is 0 Å². The summed E-state index contributed by atoms with van der Waals surface area (Å²) in [7, 11) is 0. The number of hydrogen-bond acceptors (Lipinski definition) is 1. The first-order valence-electron chi connectivity index (χ1n) is 7.21. The highest BCUT2D eigenvalue weighted by atomic mass is 32.1. The Labute approximate surface area is 120 Å². The first-order valence-corrected chi connectivity index (χ1v) is 8.03. The fourth-order valence-corrected chi connectivity index (χ4v) is 3.71. The Morgan fingerprint density at radius 1 is 0.947 bits per heavy atom. The minimum absolute atomic E-state index is 0.645. The summed E-state index contributed by atoms with van der Waals surface area (Å²) in [6.45, 7) is 8.58. The van der Waals surface area contributed by atoms with Gasteiger partial charge in [-0.2, -0.15) is 0 Å². The number of thiophene rings is 1. The molecule has 0 saturated heterocycles. The molecule has 0 aliphatic rings. The fraction of sp³-hybridized carbons (Fsp3) is 0.333. The summed E-state index contributed by atoms with van der Waals surface area (Å²) in [5.41, 5.74) is 1.51. The van der Waals surface area contributed by atoms with E-state index in [0.717, 1.165) is 0 Å². The van der Waals surface area contributed by atoms with Crippen molar-refractivity contribution in [2.24, 2.45) is 0 Å². The Morgan fingerprint density at radius 2 is 1.63 bits per heavy atom. The lowest BCUT2D eigenvalue weighted by molar-refractivity contribution is 0.740. The Bertz CT molecular complexity index is 664. The van der Waals surface area contributed by atoms with Gasteiger partial charge in [0.25, 0.3) is 0 Å². The molecule has 0 aliphatic heterocycles. The average Bonchev–Trinajstić information content (AvgIpc) is 2.87. The van der Waals surface area contributed by atoms with Crippen molar-refractivity contribution in [3.8, 4) is 0 Å². The third kappa shape index (κ3) is 2.52. The number of rotatable bonds is 2. The number of hydrogen-bond donors (Lipinski definition) is 0. The summed E-state index contributed by atoms with van der Waals surface area (Å²) in [5.74, 6) is 0.645. The summed E-state index contributed by atoms with van der Waals surface area (Å²) in [5, 5.41) is 2.82. The van der Waals surface area contributed by atoms with Crippen molar-refractivity contribution in [2.75, 3.05) is 0 Å². The molecule has 3 rings (SSSR count). The molecule has 0 aliphatic carbocycles. The second-order valence-electron chi connectivity index (χ2n) is 4.63. The van der Waals surface area contributed by atoms with Gasteiger partial charge in [-0.15, -0.1) is 11.3 Å². The predicted molar refractivity (Wildman–Crippen MR) is 89.4 cm³/mol. The van der Waals surface area contributed by atoms with Gasteiger partial charge in [-0.05, 0) is 24.0 Å². The molecule has 1 heteroatoms. The van der Waals surface area contributed by atoms with Gasteiger partial charge in [0.05, 0.1) is 0 Å². The van der Waals surface area contributed by atoms with Crippen molar-refractivity contribution in [2.45, 2.75) is 40.0 Å². The van der Waals surface area contributed by atoms with E-state index in [4.69, 9.17) is 0 Å². The van der Waals surface area contributed by atoms with Crippen LogP contribution in [0.1, 0.15) is 45.6 Å². The summed E-state index contributed by atoms with van der Waals surface area (Å²) in [6, 6.07) is 15.4. The van der Waals surface area contributed by atoms with E-state index in [1.54, 1.807) is 0 Å². The van der Waals surface area contributed by atoms with Gasteiger partial charge in [-0.25, -0.2) is 0 Å². The molecule has 1 atom stereocenters. The number of benzene rings is 2. The lowest BCUT2D eigenvalue weighted by atomic mass is 9.97. The molecular formula is C18H22S. The lowest BCUT2D eigenvalue weighted by Crippen LogP contribution is -1.90. The minimum Gasteiger partial charge on any atom is -0.135 e. The normalized spacial score (nSPS) is 12.2. The van der Waals surface area contributed by atoms with Crippen LogP contribution in [0.4, 0.5) is 0 Å². The molecule has 1 aromatic heterocycles. The topological polar surface area (TPSA) is 0 Å². The van der Waals surface area contributed by atoms with Gasteiger partial charge in [-0.1, -0.05) is 64.1 Å². The van der Waals surface area contributed by atoms with Crippen LogP contribution in [0.3, 0.4) is 0 Å². The van der Waals surface area contributed by atoms with Gasteiger partial charge in [0, 0.05) is 20.2 Å². The third-order valence-corrected chi connectivity index (χ3v) is 4.81. The van der Waals surface area contributed by atoms with Crippen molar-refractivity contribution in [3.63, 3.8) is 0 Å². The van der Waals surface area contributed by atoms with Gasteiger partial charge in [-0.3, -0.25) is 0 Å². The van der Waals surface area contributed by atoms with E-state index < -0.39 is 0 Å². The maximum absolute atomic E-state index is 2.32. The highest BCUT2D eigenvalue weighted by Crippen LogP contribution is 2.38. The van der Waals surface area contributed by atoms with E-state index >= 15 is 0 Å². The molecule has 0 amide bonds. The van der Waals surface area contributed by atoms with Gasteiger partial charge in [0.1, 0.15) is 0 Å². The summed E-state index contributed by atoms with van der Waals surface area (Å²) in [6.07, 6.45) is 1.20. The Kier molecular flexibility index (Phi) is 4.60. The zero-order valence-corrected chi connectivity index (χ0v) is 13.1. The van der Waals surface area contributed by atoms with Crippen LogP contribution in [0.5, 0.6) is 0 Å². The van der Waals surface area contributed by atoms with E-state index in [1.807, 2.05) is 25.2 Å². The van der Waals surface area contributed by atoms with Gasteiger partial charge >= 0.3 is 0 Å². The number of fused-ring (bicyclic) bond motifs is 3. The maximum Gasteiger partial charge on any atom is 0.0390 e. The molecule has 0 spiro atoms. The van der Waals surface area contributed by atoms with Crippen molar-refractivity contribution in [3.05, 3.63) is 48.0 Å². The average molecular weight is 270 g/mol. The van der Waals surface area contributed by atoms with Crippen molar-refractivity contribution >= 4 is 31.5 Å². The monoisotopic (exact) mass is 270 g/mol. The van der Waals surface area contributed by atoms with E-state index in [2.05, 4.69) is 56.3 Å². The lowest BCUT2D eigenvalue weighted by Gasteiger charge is -2.09. The molecule has 0 saturated carbocycles. The van der Waals surface area contributed by atoms with Crippen LogP contribution in [-0.2, 0) is 0 Å². The molecule has 3 aromatic rings. The quantitative estimate of drug-likeness (QED) is 0.492. The Balaban J connectivity index is 0.000000637. The molecule has 100 valence electrons. The Morgan fingerprint density at radius 3 is 2.37 bits per heavy atom. The van der Waals surface area contributed by atoms with Crippen LogP contribution < -0.4 is 0 Å². The van der Waals surface area contributed by atoms with E-state index in [-0.39, 0.29) is 0 Å². The molecule has 0 N–H and O–H groups in total. The molecule has 0 fully saturated rings. The molecule has 2 aromatic carbocycles. The molecule has 0 nitrogen and oxygen atoms in total. The summed E-state index contributed by atoms with van der Waals surface area (Å²) in [4.78, 5) is 0. The fourth-order valence-electron chi connectivity index (χ4n) is 2.38. The second kappa shape index (κ2) is 6.21. The molecule has 0 radical (unpaired) electrons. The van der Waals surface area contributed by atoms with Crippen LogP contribution in [-0.4, -0.2) is 0 Å². The van der Waals surface area contributed by atoms with Crippen molar-refractivity contribution in [1.82, 2.24) is 0 Å². The van der Waals surface area contributed by atoms with Gasteiger partial charge < -0.3 is 0 Å². The standard InChI is InChI=1S/C16H16S.C2H6/c1-3-11(2)12-8-6-9-14-13-7-4-5-10-15(13)17-16(12)14;1-2/h4-11H,3H2,1-2H3;1-2H3. The van der Waals surface area contributed by atoms with Crippen LogP contribution in [0.2, 0.25) is 0 Å². The zero-order valence-electron chi connectivity index (χ0n) is 12.2. The molecule has 1 unspecified atom stereocenters. The molecule has 19 heavy (non-hydrogen) atoms. The van der Waals surface area contributed by atoms with Crippen LogP contribution in [0.15, 0.2) is 42.5 Å². The molecule has 1 heterocycles. The van der Waals surface area contributed by atoms with Gasteiger partial charge in [0.2, 0.25) is 0 Å². The first-order chi connectivity index (χ1) is 9.31. The van der Waals surface area contributed by atoms with Gasteiger partial charge in [0.15, 0.2) is 0 Å².